The van der Waals surface area contributed by atoms with Crippen molar-refractivity contribution in [1.29, 1.82) is 0 Å². The number of carbonyl (C=O) groups is 1. The lowest BCUT2D eigenvalue weighted by molar-refractivity contribution is 0.0922. The van der Waals surface area contributed by atoms with Gasteiger partial charge in [0, 0.05) is 12.1 Å². The van der Waals surface area contributed by atoms with Crippen molar-refractivity contribution in [3.05, 3.63) is 125 Å². The molecule has 0 radical (unpaired) electrons. The topological polar surface area (TPSA) is 85.6 Å². The molecule has 4 aromatic rings. The van der Waals surface area contributed by atoms with Gasteiger partial charge in [0.15, 0.2) is 15.6 Å². The van der Waals surface area contributed by atoms with Crippen molar-refractivity contribution in [2.45, 2.75) is 30.4 Å². The quantitative estimate of drug-likeness (QED) is 0.353. The molecule has 0 spiro atoms. The summed E-state index contributed by atoms with van der Waals surface area (Å²) in [7, 11) is -3.59. The SMILES string of the molecule is O=C(NCc1cccc(COCc2ccccc2)c1)c1occc1CS(=O)(=O)c1ccccc1. The number of benzene rings is 3. The van der Waals surface area contributed by atoms with Gasteiger partial charge in [0.05, 0.1) is 30.1 Å². The van der Waals surface area contributed by atoms with Crippen molar-refractivity contribution >= 4 is 15.7 Å². The predicted molar refractivity (Wildman–Crippen MR) is 129 cm³/mol. The molecule has 1 N–H and O–H groups in total. The second kappa shape index (κ2) is 11.0. The highest BCUT2D eigenvalue weighted by atomic mass is 32.2. The molecule has 0 fully saturated rings. The highest BCUT2D eigenvalue weighted by molar-refractivity contribution is 7.90. The highest BCUT2D eigenvalue weighted by Gasteiger charge is 2.22. The van der Waals surface area contributed by atoms with E-state index in [4.69, 9.17) is 9.15 Å². The first-order valence-corrected chi connectivity index (χ1v) is 12.5. The van der Waals surface area contributed by atoms with Gasteiger partial charge in [-0.15, -0.1) is 0 Å². The van der Waals surface area contributed by atoms with Crippen LogP contribution in [0, 0.1) is 0 Å². The molecule has 4 rings (SSSR count). The number of hydrogen-bond donors (Lipinski definition) is 1. The van der Waals surface area contributed by atoms with E-state index in [1.165, 1.54) is 24.5 Å². The number of rotatable bonds is 10. The fourth-order valence-corrected chi connectivity index (χ4v) is 4.89. The van der Waals surface area contributed by atoms with Crippen LogP contribution >= 0.6 is 0 Å². The van der Waals surface area contributed by atoms with E-state index in [2.05, 4.69) is 5.32 Å². The monoisotopic (exact) mass is 475 g/mol. The van der Waals surface area contributed by atoms with Gasteiger partial charge >= 0.3 is 0 Å². The van der Waals surface area contributed by atoms with Crippen molar-refractivity contribution in [2.24, 2.45) is 0 Å². The zero-order chi connectivity index (χ0) is 23.8. The fourth-order valence-electron chi connectivity index (χ4n) is 3.52. The van der Waals surface area contributed by atoms with Crippen molar-refractivity contribution in [3.8, 4) is 0 Å². The van der Waals surface area contributed by atoms with Crippen LogP contribution in [0.15, 0.2) is 107 Å². The number of amides is 1. The lowest BCUT2D eigenvalue weighted by Crippen LogP contribution is -2.24. The van der Waals surface area contributed by atoms with E-state index < -0.39 is 15.7 Å². The summed E-state index contributed by atoms with van der Waals surface area (Å²) < 4.78 is 36.5. The average molecular weight is 476 g/mol. The van der Waals surface area contributed by atoms with Gasteiger partial charge in [-0.1, -0.05) is 72.8 Å². The molecule has 34 heavy (non-hydrogen) atoms. The van der Waals surface area contributed by atoms with E-state index in [0.29, 0.717) is 18.8 Å². The predicted octanol–water partition coefficient (Wildman–Crippen LogP) is 4.90. The summed E-state index contributed by atoms with van der Waals surface area (Å²) in [5.74, 6) is -0.777. The Hall–Kier alpha value is -3.68. The normalized spacial score (nSPS) is 11.3. The molecule has 0 unspecified atom stereocenters. The van der Waals surface area contributed by atoms with Gasteiger partial charge < -0.3 is 14.5 Å². The van der Waals surface area contributed by atoms with Crippen LogP contribution < -0.4 is 5.32 Å². The van der Waals surface area contributed by atoms with E-state index in [9.17, 15) is 13.2 Å². The van der Waals surface area contributed by atoms with Crippen molar-refractivity contribution in [2.75, 3.05) is 0 Å². The summed E-state index contributed by atoms with van der Waals surface area (Å²) >= 11 is 0. The second-order valence-electron chi connectivity index (χ2n) is 7.83. The minimum Gasteiger partial charge on any atom is -0.459 e. The number of carbonyl (C=O) groups excluding carboxylic acids is 1. The summed E-state index contributed by atoms with van der Waals surface area (Å²) in [5.41, 5.74) is 3.33. The van der Waals surface area contributed by atoms with Crippen molar-refractivity contribution in [1.82, 2.24) is 5.32 Å². The minimum atomic E-state index is -3.59. The molecule has 0 aliphatic heterocycles. The van der Waals surface area contributed by atoms with E-state index >= 15 is 0 Å². The molecule has 1 heterocycles. The molecule has 0 aliphatic rings. The van der Waals surface area contributed by atoms with Crippen LogP contribution in [-0.2, 0) is 40.1 Å². The maximum absolute atomic E-state index is 12.7. The lowest BCUT2D eigenvalue weighted by atomic mass is 10.1. The Morgan fingerprint density at radius 2 is 1.44 bits per heavy atom. The first kappa shape index (κ1) is 23.5. The molecule has 6 nitrogen and oxygen atoms in total. The third-order valence-corrected chi connectivity index (χ3v) is 6.91. The Bertz CT molecular complexity index is 1330. The number of nitrogens with one attached hydrogen (secondary N) is 1. The average Bonchev–Trinajstić information content (AvgIpc) is 3.31. The Labute approximate surface area is 199 Å². The molecule has 0 saturated heterocycles. The number of ether oxygens (including phenoxy) is 1. The molecule has 0 aliphatic carbocycles. The van der Waals surface area contributed by atoms with Gasteiger partial charge in [-0.05, 0) is 34.9 Å². The van der Waals surface area contributed by atoms with Gasteiger partial charge in [-0.3, -0.25) is 4.79 Å². The van der Waals surface area contributed by atoms with Crippen LogP contribution in [0.4, 0.5) is 0 Å². The summed E-state index contributed by atoms with van der Waals surface area (Å²) in [6.07, 6.45) is 1.33. The van der Waals surface area contributed by atoms with Crippen molar-refractivity contribution < 1.29 is 22.4 Å². The Morgan fingerprint density at radius 3 is 2.21 bits per heavy atom. The van der Waals surface area contributed by atoms with Gasteiger partial charge in [0.25, 0.3) is 5.91 Å². The Morgan fingerprint density at radius 1 is 0.794 bits per heavy atom. The molecule has 0 atom stereocenters. The molecular weight excluding hydrogens is 450 g/mol. The molecule has 0 bridgehead atoms. The molecule has 3 aromatic carbocycles. The Balaban J connectivity index is 1.34. The third-order valence-electron chi connectivity index (χ3n) is 5.23. The molecule has 7 heteroatoms. The fraction of sp³-hybridized carbons (Fsp3) is 0.148. The van der Waals surface area contributed by atoms with Crippen LogP contribution in [0.2, 0.25) is 0 Å². The zero-order valence-corrected chi connectivity index (χ0v) is 19.3. The van der Waals surface area contributed by atoms with Gasteiger partial charge in [0.1, 0.15) is 0 Å². The second-order valence-corrected chi connectivity index (χ2v) is 9.82. The van der Waals surface area contributed by atoms with Gasteiger partial charge in [-0.25, -0.2) is 8.42 Å². The summed E-state index contributed by atoms with van der Waals surface area (Å²) in [6, 6.07) is 27.4. The summed E-state index contributed by atoms with van der Waals surface area (Å²) in [5, 5.41) is 2.81. The lowest BCUT2D eigenvalue weighted by Gasteiger charge is -2.09. The van der Waals surface area contributed by atoms with Crippen LogP contribution in [0.1, 0.15) is 32.8 Å². The molecule has 1 amide bonds. The van der Waals surface area contributed by atoms with E-state index in [0.717, 1.165) is 16.7 Å². The van der Waals surface area contributed by atoms with Crippen LogP contribution in [0.25, 0.3) is 0 Å². The third kappa shape index (κ3) is 6.21. The highest BCUT2D eigenvalue weighted by Crippen LogP contribution is 2.20. The van der Waals surface area contributed by atoms with Gasteiger partial charge in [-0.2, -0.15) is 0 Å². The maximum Gasteiger partial charge on any atom is 0.287 e. The van der Waals surface area contributed by atoms with Crippen LogP contribution in [0.5, 0.6) is 0 Å². The number of furan rings is 1. The standard InChI is InChI=1S/C27H25NO5S/c29-27(26-24(14-15-33-26)20-34(30,31)25-12-5-2-6-13-25)28-17-22-10-7-11-23(16-22)19-32-18-21-8-3-1-4-9-21/h1-16H,17-20H2,(H,28,29). The molecule has 1 aromatic heterocycles. The summed E-state index contributed by atoms with van der Waals surface area (Å²) in [4.78, 5) is 12.9. The van der Waals surface area contributed by atoms with Crippen molar-refractivity contribution in [3.63, 3.8) is 0 Å². The molecular formula is C27H25NO5S. The molecule has 174 valence electrons. The van der Waals surface area contributed by atoms with E-state index in [1.54, 1.807) is 18.2 Å². The van der Waals surface area contributed by atoms with Crippen LogP contribution in [0.3, 0.4) is 0 Å². The number of sulfone groups is 1. The minimum absolute atomic E-state index is 0.00172. The Kier molecular flexibility index (Phi) is 7.57. The molecule has 0 saturated carbocycles. The van der Waals surface area contributed by atoms with Gasteiger partial charge in [0.2, 0.25) is 0 Å². The van der Waals surface area contributed by atoms with E-state index in [-0.39, 0.29) is 23.0 Å². The van der Waals surface area contributed by atoms with E-state index in [1.807, 2.05) is 54.6 Å². The summed E-state index contributed by atoms with van der Waals surface area (Å²) in [6.45, 7) is 1.25. The number of hydrogen-bond acceptors (Lipinski definition) is 5. The zero-order valence-electron chi connectivity index (χ0n) is 18.5. The van der Waals surface area contributed by atoms with Crippen LogP contribution in [-0.4, -0.2) is 14.3 Å². The first-order valence-electron chi connectivity index (χ1n) is 10.8. The maximum atomic E-state index is 12.7. The first-order chi connectivity index (χ1) is 16.5. The smallest absolute Gasteiger partial charge is 0.287 e. The largest absolute Gasteiger partial charge is 0.459 e.